The maximum absolute atomic E-state index is 12.4. The van der Waals surface area contributed by atoms with E-state index < -0.39 is 17.8 Å². The Morgan fingerprint density at radius 3 is 2.35 bits per heavy atom. The second-order valence-corrected chi connectivity index (χ2v) is 5.86. The van der Waals surface area contributed by atoms with Crippen molar-refractivity contribution < 1.29 is 19.5 Å². The van der Waals surface area contributed by atoms with E-state index in [4.69, 9.17) is 0 Å². The summed E-state index contributed by atoms with van der Waals surface area (Å²) in [5.41, 5.74) is 0. The van der Waals surface area contributed by atoms with Crippen LogP contribution in [0.15, 0.2) is 0 Å². The molecule has 1 aliphatic rings. The van der Waals surface area contributed by atoms with Gasteiger partial charge < -0.3 is 15.3 Å². The first-order valence-corrected chi connectivity index (χ1v) is 6.97. The molecular formula is C14H24N2O4. The van der Waals surface area contributed by atoms with E-state index >= 15 is 0 Å². The number of aliphatic carboxylic acids is 1. The Morgan fingerprint density at radius 1 is 1.30 bits per heavy atom. The van der Waals surface area contributed by atoms with Gasteiger partial charge in [0.25, 0.3) is 0 Å². The Kier molecular flexibility index (Phi) is 5.53. The first-order valence-electron chi connectivity index (χ1n) is 6.97. The molecule has 0 aliphatic heterocycles. The molecule has 1 saturated carbocycles. The van der Waals surface area contributed by atoms with Gasteiger partial charge in [0.05, 0.1) is 17.8 Å². The molecule has 0 heterocycles. The molecule has 1 fully saturated rings. The van der Waals surface area contributed by atoms with Gasteiger partial charge in [-0.1, -0.05) is 13.8 Å². The molecule has 4 unspecified atom stereocenters. The molecule has 2 amide bonds. The lowest BCUT2D eigenvalue weighted by atomic mass is 9.94. The van der Waals surface area contributed by atoms with Crippen LogP contribution in [0.2, 0.25) is 0 Å². The van der Waals surface area contributed by atoms with Gasteiger partial charge in [-0.05, 0) is 18.8 Å². The first kappa shape index (κ1) is 16.5. The van der Waals surface area contributed by atoms with Crippen LogP contribution >= 0.6 is 0 Å². The standard InChI is InChI=1S/C14H24N2O4/c1-8-5-10(11(6-8)14(19)20)13(18)16(4)7-9(2)12(17)15-3/h8-11H,5-7H2,1-4H3,(H,15,17)(H,19,20). The van der Waals surface area contributed by atoms with Crippen molar-refractivity contribution in [3.8, 4) is 0 Å². The number of carbonyl (C=O) groups is 3. The van der Waals surface area contributed by atoms with Gasteiger partial charge in [0.1, 0.15) is 0 Å². The highest BCUT2D eigenvalue weighted by Gasteiger charge is 2.42. The van der Waals surface area contributed by atoms with E-state index in [1.807, 2.05) is 6.92 Å². The van der Waals surface area contributed by atoms with Crippen LogP contribution < -0.4 is 5.32 Å². The Hall–Kier alpha value is -1.59. The molecular weight excluding hydrogens is 260 g/mol. The summed E-state index contributed by atoms with van der Waals surface area (Å²) in [6, 6.07) is 0. The molecule has 1 aliphatic carbocycles. The number of hydrogen-bond acceptors (Lipinski definition) is 3. The van der Waals surface area contributed by atoms with Crippen molar-refractivity contribution in [3.63, 3.8) is 0 Å². The Balaban J connectivity index is 2.68. The van der Waals surface area contributed by atoms with E-state index in [9.17, 15) is 19.5 Å². The fraction of sp³-hybridized carbons (Fsp3) is 0.786. The average Bonchev–Trinajstić information content (AvgIpc) is 2.78. The predicted octanol–water partition coefficient (Wildman–Crippen LogP) is 0.574. The number of carboxylic acids is 1. The first-order chi connectivity index (χ1) is 9.27. The summed E-state index contributed by atoms with van der Waals surface area (Å²) in [5.74, 6) is -2.33. The van der Waals surface area contributed by atoms with E-state index in [2.05, 4.69) is 5.32 Å². The van der Waals surface area contributed by atoms with Crippen LogP contribution in [0.5, 0.6) is 0 Å². The largest absolute Gasteiger partial charge is 0.481 e. The van der Waals surface area contributed by atoms with E-state index in [0.29, 0.717) is 19.4 Å². The fourth-order valence-corrected chi connectivity index (χ4v) is 2.95. The molecule has 1 rings (SSSR count). The van der Waals surface area contributed by atoms with E-state index in [1.165, 1.54) is 4.90 Å². The summed E-state index contributed by atoms with van der Waals surface area (Å²) in [4.78, 5) is 36.6. The third-order valence-electron chi connectivity index (χ3n) is 4.05. The van der Waals surface area contributed by atoms with Gasteiger partial charge in [0.15, 0.2) is 0 Å². The fourth-order valence-electron chi connectivity index (χ4n) is 2.95. The van der Waals surface area contributed by atoms with Gasteiger partial charge in [0, 0.05) is 20.6 Å². The lowest BCUT2D eigenvalue weighted by molar-refractivity contribution is -0.149. The number of carboxylic acid groups (broad SMARTS) is 1. The summed E-state index contributed by atoms with van der Waals surface area (Å²) >= 11 is 0. The number of hydrogen-bond donors (Lipinski definition) is 2. The predicted molar refractivity (Wildman–Crippen MR) is 73.9 cm³/mol. The van der Waals surface area contributed by atoms with Crippen molar-refractivity contribution in [2.75, 3.05) is 20.6 Å². The molecule has 0 aromatic heterocycles. The van der Waals surface area contributed by atoms with Crippen LogP contribution in [-0.2, 0) is 14.4 Å². The molecule has 0 spiro atoms. The maximum Gasteiger partial charge on any atom is 0.307 e. The van der Waals surface area contributed by atoms with Gasteiger partial charge in [-0.2, -0.15) is 0 Å². The summed E-state index contributed by atoms with van der Waals surface area (Å²) in [6.07, 6.45) is 1.15. The highest BCUT2D eigenvalue weighted by atomic mass is 16.4. The van der Waals surface area contributed by atoms with Crippen LogP contribution in [0.25, 0.3) is 0 Å². The molecule has 0 bridgehead atoms. The Morgan fingerprint density at radius 2 is 1.85 bits per heavy atom. The molecule has 2 N–H and O–H groups in total. The minimum atomic E-state index is -0.902. The minimum Gasteiger partial charge on any atom is -0.481 e. The molecule has 114 valence electrons. The van der Waals surface area contributed by atoms with E-state index in [1.54, 1.807) is 21.0 Å². The second-order valence-electron chi connectivity index (χ2n) is 5.86. The zero-order valence-electron chi connectivity index (χ0n) is 12.5. The monoisotopic (exact) mass is 284 g/mol. The van der Waals surface area contributed by atoms with Crippen molar-refractivity contribution in [1.29, 1.82) is 0 Å². The van der Waals surface area contributed by atoms with Gasteiger partial charge >= 0.3 is 5.97 Å². The van der Waals surface area contributed by atoms with Gasteiger partial charge in [0.2, 0.25) is 11.8 Å². The van der Waals surface area contributed by atoms with Crippen molar-refractivity contribution in [2.24, 2.45) is 23.7 Å². The number of amides is 2. The lowest BCUT2D eigenvalue weighted by Gasteiger charge is -2.25. The normalized spacial score (nSPS) is 26.9. The van der Waals surface area contributed by atoms with Crippen LogP contribution in [-0.4, -0.2) is 48.4 Å². The van der Waals surface area contributed by atoms with Crippen LogP contribution in [0.1, 0.15) is 26.7 Å². The second kappa shape index (κ2) is 6.72. The number of carbonyl (C=O) groups excluding carboxylic acids is 2. The highest BCUT2D eigenvalue weighted by molar-refractivity contribution is 5.86. The average molecular weight is 284 g/mol. The Labute approximate surface area is 119 Å². The lowest BCUT2D eigenvalue weighted by Crippen LogP contribution is -2.41. The van der Waals surface area contributed by atoms with Gasteiger partial charge in [-0.3, -0.25) is 14.4 Å². The van der Waals surface area contributed by atoms with Crippen molar-refractivity contribution in [1.82, 2.24) is 10.2 Å². The zero-order chi connectivity index (χ0) is 15.4. The Bertz CT molecular complexity index is 397. The van der Waals surface area contributed by atoms with Crippen LogP contribution in [0.4, 0.5) is 0 Å². The molecule has 0 saturated heterocycles. The number of rotatable bonds is 5. The van der Waals surface area contributed by atoms with E-state index in [-0.39, 0.29) is 23.7 Å². The third kappa shape index (κ3) is 3.71. The highest BCUT2D eigenvalue weighted by Crippen LogP contribution is 2.37. The summed E-state index contributed by atoms with van der Waals surface area (Å²) < 4.78 is 0. The third-order valence-corrected chi connectivity index (χ3v) is 4.05. The van der Waals surface area contributed by atoms with Crippen molar-refractivity contribution in [2.45, 2.75) is 26.7 Å². The molecule has 6 heteroatoms. The molecule has 6 nitrogen and oxygen atoms in total. The molecule has 0 aromatic rings. The topological polar surface area (TPSA) is 86.7 Å². The summed E-state index contributed by atoms with van der Waals surface area (Å²) in [6.45, 7) is 4.01. The summed E-state index contributed by atoms with van der Waals surface area (Å²) in [7, 11) is 3.18. The molecule has 4 atom stereocenters. The van der Waals surface area contributed by atoms with Crippen molar-refractivity contribution in [3.05, 3.63) is 0 Å². The van der Waals surface area contributed by atoms with Gasteiger partial charge in [-0.25, -0.2) is 0 Å². The van der Waals surface area contributed by atoms with E-state index in [0.717, 1.165) is 0 Å². The SMILES string of the molecule is CNC(=O)C(C)CN(C)C(=O)C1CC(C)CC1C(=O)O. The quantitative estimate of drug-likeness (QED) is 0.773. The number of nitrogens with zero attached hydrogens (tertiary/aromatic N) is 1. The van der Waals surface area contributed by atoms with Crippen LogP contribution in [0, 0.1) is 23.7 Å². The summed E-state index contributed by atoms with van der Waals surface area (Å²) in [5, 5.41) is 11.7. The zero-order valence-corrected chi connectivity index (χ0v) is 12.5. The molecule has 0 aromatic carbocycles. The minimum absolute atomic E-state index is 0.126. The molecule has 0 radical (unpaired) electrons. The smallest absolute Gasteiger partial charge is 0.307 e. The molecule has 20 heavy (non-hydrogen) atoms. The number of nitrogens with one attached hydrogen (secondary N) is 1. The van der Waals surface area contributed by atoms with Crippen molar-refractivity contribution >= 4 is 17.8 Å². The maximum atomic E-state index is 12.4. The van der Waals surface area contributed by atoms with Gasteiger partial charge in [-0.15, -0.1) is 0 Å². The van der Waals surface area contributed by atoms with Crippen LogP contribution in [0.3, 0.4) is 0 Å².